The van der Waals surface area contributed by atoms with Gasteiger partial charge in [-0.2, -0.15) is 0 Å². The molecule has 5 nitrogen and oxygen atoms in total. The van der Waals surface area contributed by atoms with Crippen LogP contribution < -0.4 is 0 Å². The summed E-state index contributed by atoms with van der Waals surface area (Å²) in [6, 6.07) is 0. The van der Waals surface area contributed by atoms with Crippen LogP contribution in [0.15, 0.2) is 12.7 Å². The highest BCUT2D eigenvalue weighted by Gasteiger charge is 2.81. The van der Waals surface area contributed by atoms with Crippen molar-refractivity contribution in [2.75, 3.05) is 31.1 Å². The van der Waals surface area contributed by atoms with E-state index in [1.54, 1.807) is 11.8 Å². The molecule has 9 atom stereocenters. The van der Waals surface area contributed by atoms with Gasteiger partial charge in [-0.05, 0) is 61.9 Å². The van der Waals surface area contributed by atoms with Crippen molar-refractivity contribution in [3.8, 4) is 0 Å². The molecule has 4 rings (SSSR count). The van der Waals surface area contributed by atoms with E-state index in [0.29, 0.717) is 24.4 Å². The predicted octanol–water partition coefficient (Wildman–Crippen LogP) is 4.97. The van der Waals surface area contributed by atoms with E-state index < -0.39 is 11.5 Å². The number of carbonyl (C=O) groups is 2. The lowest BCUT2D eigenvalue weighted by Gasteiger charge is -2.71. The Hall–Kier alpha value is -0.850. The van der Waals surface area contributed by atoms with Crippen molar-refractivity contribution < 1.29 is 19.4 Å². The van der Waals surface area contributed by atoms with E-state index in [0.717, 1.165) is 44.6 Å². The average molecular weight is 506 g/mol. The molecule has 0 radical (unpaired) electrons. The molecule has 1 N–H and O–H groups in total. The fourth-order valence-electron chi connectivity index (χ4n) is 9.10. The maximum absolute atomic E-state index is 13.3. The third-order valence-electron chi connectivity index (χ3n) is 11.3. The quantitative estimate of drug-likeness (QED) is 0.271. The van der Waals surface area contributed by atoms with Crippen LogP contribution in [0.25, 0.3) is 0 Å². The average Bonchev–Trinajstić information content (AvgIpc) is 3.02. The second-order valence-electron chi connectivity index (χ2n) is 12.6. The SMILES string of the molecule is C=CC1(C)CC(OC(=O)CSCCN(CC)CC)C2(C)C(C)CC34CC(CCC3=O)(C(C)C1O)C42. The van der Waals surface area contributed by atoms with E-state index in [2.05, 4.69) is 53.0 Å². The minimum Gasteiger partial charge on any atom is -0.461 e. The summed E-state index contributed by atoms with van der Waals surface area (Å²) in [6.07, 6.45) is 4.75. The third-order valence-corrected chi connectivity index (χ3v) is 12.2. The number of carbonyl (C=O) groups excluding carboxylic acids is 2. The summed E-state index contributed by atoms with van der Waals surface area (Å²) in [6.45, 7) is 20.2. The van der Waals surface area contributed by atoms with Crippen molar-refractivity contribution in [1.29, 1.82) is 0 Å². The smallest absolute Gasteiger partial charge is 0.316 e. The molecular weight excluding hydrogens is 458 g/mol. The number of esters is 1. The maximum Gasteiger partial charge on any atom is 0.316 e. The van der Waals surface area contributed by atoms with Crippen molar-refractivity contribution in [1.82, 2.24) is 4.90 Å². The van der Waals surface area contributed by atoms with E-state index in [1.807, 2.05) is 6.08 Å². The summed E-state index contributed by atoms with van der Waals surface area (Å²) >= 11 is 1.63. The van der Waals surface area contributed by atoms with Gasteiger partial charge in [-0.15, -0.1) is 18.3 Å². The summed E-state index contributed by atoms with van der Waals surface area (Å²) in [5.41, 5.74) is -1.19. The van der Waals surface area contributed by atoms with Gasteiger partial charge >= 0.3 is 5.97 Å². The number of hydrogen-bond donors (Lipinski definition) is 1. The molecule has 9 unspecified atom stereocenters. The predicted molar refractivity (Wildman–Crippen MR) is 142 cm³/mol. The topological polar surface area (TPSA) is 66.8 Å². The van der Waals surface area contributed by atoms with Gasteiger partial charge in [0.25, 0.3) is 0 Å². The van der Waals surface area contributed by atoms with Gasteiger partial charge in [-0.1, -0.05) is 47.6 Å². The van der Waals surface area contributed by atoms with E-state index in [-0.39, 0.29) is 46.1 Å². The molecule has 35 heavy (non-hydrogen) atoms. The lowest BCUT2D eigenvalue weighted by molar-refractivity contribution is -0.257. The van der Waals surface area contributed by atoms with Crippen molar-refractivity contribution in [2.45, 2.75) is 85.9 Å². The largest absolute Gasteiger partial charge is 0.461 e. The van der Waals surface area contributed by atoms with Crippen LogP contribution in [-0.4, -0.2) is 65.1 Å². The highest BCUT2D eigenvalue weighted by Crippen LogP contribution is 2.82. The number of rotatable bonds is 9. The van der Waals surface area contributed by atoms with Gasteiger partial charge in [-0.25, -0.2) is 0 Å². The van der Waals surface area contributed by atoms with Crippen molar-refractivity contribution in [3.05, 3.63) is 12.7 Å². The van der Waals surface area contributed by atoms with Crippen LogP contribution in [-0.2, 0) is 14.3 Å². The molecule has 0 saturated heterocycles. The number of nitrogens with zero attached hydrogens (tertiary/aromatic N) is 1. The number of aliphatic hydroxyl groups excluding tert-OH is 1. The van der Waals surface area contributed by atoms with Gasteiger partial charge in [-0.3, -0.25) is 9.59 Å². The minimum atomic E-state index is -0.573. The molecule has 0 aromatic carbocycles. The Morgan fingerprint density at radius 3 is 2.57 bits per heavy atom. The lowest BCUT2D eigenvalue weighted by atomic mass is 9.32. The van der Waals surface area contributed by atoms with Crippen molar-refractivity contribution >= 4 is 23.5 Å². The normalized spacial score (nSPS) is 46.4. The summed E-state index contributed by atoms with van der Waals surface area (Å²) < 4.78 is 6.37. The number of hydrogen-bond acceptors (Lipinski definition) is 6. The van der Waals surface area contributed by atoms with Crippen molar-refractivity contribution in [2.24, 2.45) is 39.4 Å². The van der Waals surface area contributed by atoms with Crippen LogP contribution in [0.4, 0.5) is 0 Å². The molecule has 0 aromatic heterocycles. The molecule has 0 heterocycles. The van der Waals surface area contributed by atoms with Crippen LogP contribution in [0.1, 0.15) is 73.6 Å². The Morgan fingerprint density at radius 1 is 1.26 bits per heavy atom. The van der Waals surface area contributed by atoms with Gasteiger partial charge in [0, 0.05) is 35.0 Å². The number of ketones is 1. The molecule has 4 saturated carbocycles. The Kier molecular flexibility index (Phi) is 7.36. The molecule has 198 valence electrons. The number of aliphatic hydroxyl groups is 1. The Labute approximate surface area is 216 Å². The Morgan fingerprint density at radius 2 is 1.94 bits per heavy atom. The lowest BCUT2D eigenvalue weighted by Crippen LogP contribution is -2.71. The first-order valence-corrected chi connectivity index (χ1v) is 14.9. The first-order valence-electron chi connectivity index (χ1n) is 13.8. The summed E-state index contributed by atoms with van der Waals surface area (Å²) in [4.78, 5) is 28.9. The fourth-order valence-corrected chi connectivity index (χ4v) is 9.87. The third kappa shape index (κ3) is 3.87. The van der Waals surface area contributed by atoms with Gasteiger partial charge in [0.1, 0.15) is 11.9 Å². The number of ether oxygens (including phenoxy) is 1. The van der Waals surface area contributed by atoms with Crippen molar-refractivity contribution in [3.63, 3.8) is 0 Å². The van der Waals surface area contributed by atoms with Crippen LogP contribution in [0.2, 0.25) is 0 Å². The summed E-state index contributed by atoms with van der Waals surface area (Å²) in [5.74, 6) is 2.00. The first-order chi connectivity index (χ1) is 16.4. The van der Waals surface area contributed by atoms with Gasteiger partial charge in [0.15, 0.2) is 0 Å². The second-order valence-corrected chi connectivity index (χ2v) is 13.7. The summed E-state index contributed by atoms with van der Waals surface area (Å²) in [5, 5.41) is 11.7. The van der Waals surface area contributed by atoms with Gasteiger partial charge < -0.3 is 14.7 Å². The van der Waals surface area contributed by atoms with Crippen LogP contribution >= 0.6 is 11.8 Å². The monoisotopic (exact) mass is 505 g/mol. The zero-order valence-corrected chi connectivity index (χ0v) is 23.6. The zero-order chi connectivity index (χ0) is 25.8. The molecule has 0 aliphatic heterocycles. The molecule has 0 amide bonds. The molecule has 2 spiro atoms. The molecule has 0 aromatic rings. The molecule has 4 fully saturated rings. The number of Topliss-reactive ketones (excluding diaryl/α,β-unsaturated/α-hetero) is 1. The van der Waals surface area contributed by atoms with Gasteiger partial charge in [0.2, 0.25) is 0 Å². The highest BCUT2D eigenvalue weighted by atomic mass is 32.2. The fraction of sp³-hybridized carbons (Fsp3) is 0.862. The standard InChI is InChI=1S/C29H47NO4S/c1-8-26(6)16-22(34-23(32)17-35-14-13-30(9-2)10-3)27(7)19(4)15-29-18-28(25(27)29,12-11-21(29)31)20(5)24(26)33/h8,19-20,22,24-25,33H,1,9-18H2,2-7H3. The maximum atomic E-state index is 13.3. The Bertz CT molecular complexity index is 860. The van der Waals surface area contributed by atoms with Crippen LogP contribution in [0.5, 0.6) is 0 Å². The van der Waals surface area contributed by atoms with Crippen LogP contribution in [0, 0.1) is 39.4 Å². The minimum absolute atomic E-state index is 0.0688. The van der Waals surface area contributed by atoms with E-state index in [1.165, 1.54) is 0 Å². The number of thioether (sulfide) groups is 1. The second kappa shape index (κ2) is 9.47. The van der Waals surface area contributed by atoms with E-state index in [9.17, 15) is 14.7 Å². The van der Waals surface area contributed by atoms with E-state index >= 15 is 0 Å². The van der Waals surface area contributed by atoms with E-state index in [4.69, 9.17) is 4.74 Å². The van der Waals surface area contributed by atoms with Gasteiger partial charge in [0.05, 0.1) is 11.9 Å². The molecule has 6 heteroatoms. The molecule has 2 bridgehead atoms. The first kappa shape index (κ1) is 27.2. The molecular formula is C29H47NO4S. The molecule has 4 aliphatic carbocycles. The summed E-state index contributed by atoms with van der Waals surface area (Å²) in [7, 11) is 0. The molecule has 4 aliphatic rings. The zero-order valence-electron chi connectivity index (χ0n) is 22.8. The Balaban J connectivity index is 1.61. The highest BCUT2D eigenvalue weighted by molar-refractivity contribution is 7.99. The van der Waals surface area contributed by atoms with Crippen LogP contribution in [0.3, 0.4) is 0 Å².